The van der Waals surface area contributed by atoms with Crippen LogP contribution in [-0.4, -0.2) is 26.7 Å². The molecule has 5 nitrogen and oxygen atoms in total. The Bertz CT molecular complexity index is 662. The molecule has 116 valence electrons. The lowest BCUT2D eigenvalue weighted by Crippen LogP contribution is -2.21. The standard InChI is InChI=1S/C16H17FN2O3/c1-21-14-7-6-13(9-15(14)22-2)19-16(20)10-18-12-5-3-4-11(17)8-12/h3-9,18H,10H2,1-2H3,(H,19,20). The van der Waals surface area contributed by atoms with Gasteiger partial charge in [0.15, 0.2) is 11.5 Å². The molecular formula is C16H17FN2O3. The molecule has 2 aromatic rings. The molecule has 0 radical (unpaired) electrons. The van der Waals surface area contributed by atoms with Crippen LogP contribution in [0.3, 0.4) is 0 Å². The van der Waals surface area contributed by atoms with Crippen LogP contribution >= 0.6 is 0 Å². The third-order valence-electron chi connectivity index (χ3n) is 2.94. The fourth-order valence-electron chi connectivity index (χ4n) is 1.90. The number of halogens is 1. The van der Waals surface area contributed by atoms with E-state index in [4.69, 9.17) is 9.47 Å². The monoisotopic (exact) mass is 304 g/mol. The van der Waals surface area contributed by atoms with Crippen molar-refractivity contribution in [2.75, 3.05) is 31.4 Å². The maximum atomic E-state index is 13.0. The Hall–Kier alpha value is -2.76. The molecule has 1 amide bonds. The van der Waals surface area contributed by atoms with Crippen LogP contribution in [0.15, 0.2) is 42.5 Å². The Balaban J connectivity index is 1.94. The van der Waals surface area contributed by atoms with Crippen molar-refractivity contribution in [2.24, 2.45) is 0 Å². The van der Waals surface area contributed by atoms with Crippen LogP contribution in [0.25, 0.3) is 0 Å². The highest BCUT2D eigenvalue weighted by molar-refractivity contribution is 5.94. The smallest absolute Gasteiger partial charge is 0.243 e. The average Bonchev–Trinajstić information content (AvgIpc) is 2.53. The van der Waals surface area contributed by atoms with Gasteiger partial charge in [-0.05, 0) is 30.3 Å². The number of amides is 1. The molecule has 0 aliphatic heterocycles. The van der Waals surface area contributed by atoms with E-state index < -0.39 is 0 Å². The minimum atomic E-state index is -0.356. The topological polar surface area (TPSA) is 59.6 Å². The zero-order chi connectivity index (χ0) is 15.9. The van der Waals surface area contributed by atoms with E-state index in [0.29, 0.717) is 22.9 Å². The van der Waals surface area contributed by atoms with Crippen molar-refractivity contribution >= 4 is 17.3 Å². The first-order valence-corrected chi connectivity index (χ1v) is 6.63. The number of ether oxygens (including phenoxy) is 2. The number of rotatable bonds is 6. The number of anilines is 2. The van der Waals surface area contributed by atoms with Crippen LogP contribution in [-0.2, 0) is 4.79 Å². The summed E-state index contributed by atoms with van der Waals surface area (Å²) in [4.78, 5) is 11.9. The highest BCUT2D eigenvalue weighted by Gasteiger charge is 2.07. The number of methoxy groups -OCH3 is 2. The van der Waals surface area contributed by atoms with Gasteiger partial charge in [-0.25, -0.2) is 4.39 Å². The second-order valence-electron chi connectivity index (χ2n) is 4.48. The number of benzene rings is 2. The average molecular weight is 304 g/mol. The summed E-state index contributed by atoms with van der Waals surface area (Å²) in [7, 11) is 3.06. The first-order chi connectivity index (χ1) is 10.6. The van der Waals surface area contributed by atoms with Crippen LogP contribution in [0.5, 0.6) is 11.5 Å². The van der Waals surface area contributed by atoms with Gasteiger partial charge in [0, 0.05) is 17.4 Å². The van der Waals surface area contributed by atoms with Gasteiger partial charge in [0.25, 0.3) is 0 Å². The lowest BCUT2D eigenvalue weighted by atomic mass is 10.2. The molecule has 0 aliphatic rings. The summed E-state index contributed by atoms with van der Waals surface area (Å²) in [5, 5.41) is 5.57. The van der Waals surface area contributed by atoms with E-state index in [1.165, 1.54) is 19.2 Å². The van der Waals surface area contributed by atoms with Crippen LogP contribution in [0.2, 0.25) is 0 Å². The summed E-state index contributed by atoms with van der Waals surface area (Å²) in [5.74, 6) is 0.499. The quantitative estimate of drug-likeness (QED) is 0.861. The molecule has 0 unspecified atom stereocenters. The number of carbonyl (C=O) groups is 1. The minimum Gasteiger partial charge on any atom is -0.493 e. The first-order valence-electron chi connectivity index (χ1n) is 6.63. The predicted octanol–water partition coefficient (Wildman–Crippen LogP) is 2.89. The van der Waals surface area contributed by atoms with Gasteiger partial charge in [-0.15, -0.1) is 0 Å². The summed E-state index contributed by atoms with van der Waals surface area (Å²) >= 11 is 0. The molecule has 2 aromatic carbocycles. The zero-order valence-corrected chi connectivity index (χ0v) is 12.4. The van der Waals surface area contributed by atoms with Gasteiger partial charge in [-0.2, -0.15) is 0 Å². The molecule has 2 N–H and O–H groups in total. The molecule has 0 heterocycles. The van der Waals surface area contributed by atoms with Crippen molar-refractivity contribution in [1.82, 2.24) is 0 Å². The maximum absolute atomic E-state index is 13.0. The van der Waals surface area contributed by atoms with Gasteiger partial charge < -0.3 is 20.1 Å². The SMILES string of the molecule is COc1ccc(NC(=O)CNc2cccc(F)c2)cc1OC. The highest BCUT2D eigenvalue weighted by Crippen LogP contribution is 2.29. The largest absolute Gasteiger partial charge is 0.493 e. The van der Waals surface area contributed by atoms with Gasteiger partial charge in [0.2, 0.25) is 5.91 Å². The summed E-state index contributed by atoms with van der Waals surface area (Å²) in [6, 6.07) is 11.0. The Morgan fingerprint density at radius 1 is 1.05 bits per heavy atom. The molecule has 0 saturated carbocycles. The van der Waals surface area contributed by atoms with Crippen molar-refractivity contribution < 1.29 is 18.7 Å². The Labute approximate surface area is 128 Å². The van der Waals surface area contributed by atoms with Gasteiger partial charge >= 0.3 is 0 Å². The lowest BCUT2D eigenvalue weighted by Gasteiger charge is -2.11. The second-order valence-corrected chi connectivity index (χ2v) is 4.48. The van der Waals surface area contributed by atoms with E-state index in [-0.39, 0.29) is 18.3 Å². The molecule has 0 atom stereocenters. The van der Waals surface area contributed by atoms with Gasteiger partial charge in [0.1, 0.15) is 5.82 Å². The lowest BCUT2D eigenvalue weighted by molar-refractivity contribution is -0.114. The van der Waals surface area contributed by atoms with E-state index in [2.05, 4.69) is 10.6 Å². The van der Waals surface area contributed by atoms with E-state index >= 15 is 0 Å². The molecule has 0 bridgehead atoms. The second kappa shape index (κ2) is 7.31. The molecule has 6 heteroatoms. The molecule has 2 rings (SSSR count). The number of hydrogen-bond acceptors (Lipinski definition) is 4. The Morgan fingerprint density at radius 3 is 2.50 bits per heavy atom. The van der Waals surface area contributed by atoms with E-state index in [1.54, 1.807) is 37.4 Å². The fraction of sp³-hybridized carbons (Fsp3) is 0.188. The summed E-state index contributed by atoms with van der Waals surface area (Å²) in [6.07, 6.45) is 0. The summed E-state index contributed by atoms with van der Waals surface area (Å²) in [6.45, 7) is 0.0256. The van der Waals surface area contributed by atoms with E-state index in [0.717, 1.165) is 0 Å². The van der Waals surface area contributed by atoms with Crippen LogP contribution in [0.1, 0.15) is 0 Å². The minimum absolute atomic E-state index is 0.0256. The molecule has 0 fully saturated rings. The van der Waals surface area contributed by atoms with Gasteiger partial charge in [0.05, 0.1) is 20.8 Å². The number of nitrogens with one attached hydrogen (secondary N) is 2. The maximum Gasteiger partial charge on any atom is 0.243 e. The third kappa shape index (κ3) is 4.12. The summed E-state index contributed by atoms with van der Waals surface area (Å²) < 4.78 is 23.3. The third-order valence-corrected chi connectivity index (χ3v) is 2.94. The van der Waals surface area contributed by atoms with Gasteiger partial charge in [-0.1, -0.05) is 6.07 Å². The van der Waals surface area contributed by atoms with Crippen LogP contribution in [0.4, 0.5) is 15.8 Å². The van der Waals surface area contributed by atoms with Crippen molar-refractivity contribution in [1.29, 1.82) is 0 Å². The highest BCUT2D eigenvalue weighted by atomic mass is 19.1. The van der Waals surface area contributed by atoms with Crippen molar-refractivity contribution in [3.05, 3.63) is 48.3 Å². The molecule has 0 aliphatic carbocycles. The number of carbonyl (C=O) groups excluding carboxylic acids is 1. The van der Waals surface area contributed by atoms with Gasteiger partial charge in [-0.3, -0.25) is 4.79 Å². The predicted molar refractivity (Wildman–Crippen MR) is 83.1 cm³/mol. The van der Waals surface area contributed by atoms with E-state index in [9.17, 15) is 9.18 Å². The van der Waals surface area contributed by atoms with Crippen molar-refractivity contribution in [3.8, 4) is 11.5 Å². The Morgan fingerprint density at radius 2 is 1.82 bits per heavy atom. The number of hydrogen-bond donors (Lipinski definition) is 2. The fourth-order valence-corrected chi connectivity index (χ4v) is 1.90. The summed E-state index contributed by atoms with van der Waals surface area (Å²) in [5.41, 5.74) is 1.13. The van der Waals surface area contributed by atoms with E-state index in [1.807, 2.05) is 0 Å². The first kappa shape index (κ1) is 15.6. The molecule has 0 aromatic heterocycles. The Kier molecular flexibility index (Phi) is 5.19. The van der Waals surface area contributed by atoms with Crippen LogP contribution < -0.4 is 20.1 Å². The molecule has 0 saturated heterocycles. The molecule has 22 heavy (non-hydrogen) atoms. The van der Waals surface area contributed by atoms with Crippen molar-refractivity contribution in [2.45, 2.75) is 0 Å². The molecular weight excluding hydrogens is 287 g/mol. The van der Waals surface area contributed by atoms with Crippen LogP contribution in [0, 0.1) is 5.82 Å². The normalized spacial score (nSPS) is 9.95. The molecule has 0 spiro atoms. The zero-order valence-electron chi connectivity index (χ0n) is 12.4. The van der Waals surface area contributed by atoms with Crippen molar-refractivity contribution in [3.63, 3.8) is 0 Å².